The first kappa shape index (κ1) is 12.4. The molecule has 0 bridgehead atoms. The van der Waals surface area contributed by atoms with Gasteiger partial charge in [-0.05, 0) is 11.5 Å². The predicted molar refractivity (Wildman–Crippen MR) is 67.9 cm³/mol. The Kier molecular flexibility index (Phi) is 3.23. The molecule has 2 rings (SSSR count). The lowest BCUT2D eigenvalue weighted by Gasteiger charge is -2.28. The first-order valence-electron chi connectivity index (χ1n) is 5.74. The molecule has 0 aliphatic heterocycles. The summed E-state index contributed by atoms with van der Waals surface area (Å²) in [6.07, 6.45) is 5.38. The van der Waals surface area contributed by atoms with Crippen LogP contribution in [-0.2, 0) is 4.79 Å². The van der Waals surface area contributed by atoms with Crippen LogP contribution < -0.4 is 0 Å². The number of carbonyl (C=O) groups is 1. The minimum Gasteiger partial charge on any atom is -0.511 e. The largest absolute Gasteiger partial charge is 0.511 e. The normalized spacial score (nSPS) is 19.6. The van der Waals surface area contributed by atoms with Crippen molar-refractivity contribution in [2.45, 2.75) is 26.7 Å². The zero-order chi connectivity index (χ0) is 13.2. The zero-order valence-corrected chi connectivity index (χ0v) is 10.4. The van der Waals surface area contributed by atoms with E-state index >= 15 is 0 Å². The Balaban J connectivity index is 2.24. The molecule has 0 saturated carbocycles. The van der Waals surface area contributed by atoms with Gasteiger partial charge in [0.15, 0.2) is 5.78 Å². The maximum atomic E-state index is 11.9. The van der Waals surface area contributed by atoms with Crippen molar-refractivity contribution in [3.8, 4) is 0 Å². The summed E-state index contributed by atoms with van der Waals surface area (Å²) in [6, 6.07) is 1.68. The Hall–Kier alpha value is -2.04. The van der Waals surface area contributed by atoms with Crippen LogP contribution in [0.2, 0.25) is 0 Å². The number of aliphatic hydroxyl groups is 1. The number of hydrogen-bond acceptors (Lipinski definition) is 5. The quantitative estimate of drug-likeness (QED) is 0.811. The average Bonchev–Trinajstić information content (AvgIpc) is 2.27. The number of nitrogens with zero attached hydrogens (tertiary/aromatic N) is 3. The number of hydrogen-bond donors (Lipinski definition) is 1. The highest BCUT2D eigenvalue weighted by Crippen LogP contribution is 2.35. The fraction of sp³-hybridized carbons (Fsp3) is 0.385. The van der Waals surface area contributed by atoms with E-state index in [1.54, 1.807) is 18.5 Å². The molecule has 1 aromatic rings. The van der Waals surface area contributed by atoms with Gasteiger partial charge in [-0.3, -0.25) is 4.79 Å². The summed E-state index contributed by atoms with van der Waals surface area (Å²) >= 11 is 0. The molecule has 1 aliphatic carbocycles. The molecule has 0 fully saturated rings. The molecule has 0 aromatic carbocycles. The lowest BCUT2D eigenvalue weighted by atomic mass is 9.77. The molecule has 1 aliphatic rings. The summed E-state index contributed by atoms with van der Waals surface area (Å²) in [5.74, 6) is 0.273. The smallest absolute Gasteiger partial charge is 0.249 e. The topological polar surface area (TPSA) is 75.4 Å². The first-order valence-corrected chi connectivity index (χ1v) is 5.74. The van der Waals surface area contributed by atoms with Crippen LogP contribution in [0.3, 0.4) is 0 Å². The first-order chi connectivity index (χ1) is 8.48. The Morgan fingerprint density at radius 3 is 2.61 bits per heavy atom. The molecule has 5 heteroatoms. The monoisotopic (exact) mass is 245 g/mol. The van der Waals surface area contributed by atoms with Crippen LogP contribution in [0.15, 0.2) is 34.8 Å². The van der Waals surface area contributed by atoms with Crippen molar-refractivity contribution < 1.29 is 9.90 Å². The van der Waals surface area contributed by atoms with E-state index in [4.69, 9.17) is 0 Å². The molecule has 1 aromatic heterocycles. The standard InChI is InChI=1S/C13H15N3O2/c1-13(2)6-10(17)9(11(18)7-13)8-16-12-14-4-3-5-15-12/h3-5,8,17H,6-7H2,1-2H3/b16-8+. The third-order valence-corrected chi connectivity index (χ3v) is 2.76. The molecular formula is C13H15N3O2. The molecule has 0 atom stereocenters. The highest BCUT2D eigenvalue weighted by Gasteiger charge is 2.32. The summed E-state index contributed by atoms with van der Waals surface area (Å²) in [5, 5.41) is 9.88. The number of allylic oxidation sites excluding steroid dienone is 2. The van der Waals surface area contributed by atoms with Crippen LogP contribution in [0.25, 0.3) is 0 Å². The molecule has 0 amide bonds. The van der Waals surface area contributed by atoms with Crippen molar-refractivity contribution in [1.82, 2.24) is 9.97 Å². The third kappa shape index (κ3) is 2.80. The lowest BCUT2D eigenvalue weighted by molar-refractivity contribution is -0.117. The van der Waals surface area contributed by atoms with E-state index in [0.29, 0.717) is 12.8 Å². The minimum atomic E-state index is -0.193. The van der Waals surface area contributed by atoms with Gasteiger partial charge in [0.2, 0.25) is 5.95 Å². The molecule has 0 saturated heterocycles. The second kappa shape index (κ2) is 4.68. The number of rotatable bonds is 2. The van der Waals surface area contributed by atoms with Gasteiger partial charge in [0.25, 0.3) is 0 Å². The van der Waals surface area contributed by atoms with Crippen molar-refractivity contribution in [3.05, 3.63) is 29.8 Å². The van der Waals surface area contributed by atoms with Gasteiger partial charge in [-0.15, -0.1) is 0 Å². The molecule has 0 spiro atoms. The SMILES string of the molecule is CC1(C)CC(=O)C(/C=N/c2ncccn2)=C(O)C1. The minimum absolute atomic E-state index is 0.0935. The maximum absolute atomic E-state index is 11.9. The van der Waals surface area contributed by atoms with Crippen LogP contribution in [0, 0.1) is 5.41 Å². The van der Waals surface area contributed by atoms with Crippen LogP contribution in [0.4, 0.5) is 5.95 Å². The fourth-order valence-corrected chi connectivity index (χ4v) is 1.93. The zero-order valence-electron chi connectivity index (χ0n) is 10.4. The molecule has 18 heavy (non-hydrogen) atoms. The maximum Gasteiger partial charge on any atom is 0.249 e. The Morgan fingerprint density at radius 2 is 2.00 bits per heavy atom. The van der Waals surface area contributed by atoms with E-state index in [9.17, 15) is 9.90 Å². The molecule has 0 unspecified atom stereocenters. The molecule has 0 radical (unpaired) electrons. The van der Waals surface area contributed by atoms with Gasteiger partial charge >= 0.3 is 0 Å². The van der Waals surface area contributed by atoms with Crippen LogP contribution >= 0.6 is 0 Å². The third-order valence-electron chi connectivity index (χ3n) is 2.76. The van der Waals surface area contributed by atoms with Gasteiger partial charge in [0.05, 0.1) is 5.57 Å². The number of aromatic nitrogens is 2. The number of carbonyl (C=O) groups excluding carboxylic acids is 1. The molecule has 5 nitrogen and oxygen atoms in total. The van der Waals surface area contributed by atoms with Crippen LogP contribution in [0.1, 0.15) is 26.7 Å². The van der Waals surface area contributed by atoms with E-state index in [2.05, 4.69) is 15.0 Å². The fourth-order valence-electron chi connectivity index (χ4n) is 1.93. The van der Waals surface area contributed by atoms with Crippen LogP contribution in [-0.4, -0.2) is 27.1 Å². The lowest BCUT2D eigenvalue weighted by Crippen LogP contribution is -2.26. The summed E-state index contributed by atoms with van der Waals surface area (Å²) < 4.78 is 0. The van der Waals surface area contributed by atoms with Crippen molar-refractivity contribution in [3.63, 3.8) is 0 Å². The molecule has 1 heterocycles. The summed E-state index contributed by atoms with van der Waals surface area (Å²) in [7, 11) is 0. The highest BCUT2D eigenvalue weighted by molar-refractivity contribution is 6.14. The van der Waals surface area contributed by atoms with Gasteiger partial charge in [-0.2, -0.15) is 0 Å². The van der Waals surface area contributed by atoms with Gasteiger partial charge in [0.1, 0.15) is 5.76 Å². The van der Waals surface area contributed by atoms with Gasteiger partial charge in [0, 0.05) is 31.4 Å². The van der Waals surface area contributed by atoms with Crippen molar-refractivity contribution in [2.24, 2.45) is 10.4 Å². The van der Waals surface area contributed by atoms with E-state index in [1.807, 2.05) is 13.8 Å². The van der Waals surface area contributed by atoms with E-state index < -0.39 is 0 Å². The Morgan fingerprint density at radius 1 is 1.33 bits per heavy atom. The molecular weight excluding hydrogens is 230 g/mol. The van der Waals surface area contributed by atoms with Gasteiger partial charge in [-0.1, -0.05) is 13.8 Å². The second-order valence-electron chi connectivity index (χ2n) is 5.11. The van der Waals surface area contributed by atoms with E-state index in [1.165, 1.54) is 6.21 Å². The van der Waals surface area contributed by atoms with Gasteiger partial charge < -0.3 is 5.11 Å². The van der Waals surface area contributed by atoms with Crippen molar-refractivity contribution in [2.75, 3.05) is 0 Å². The Labute approximate surface area is 105 Å². The van der Waals surface area contributed by atoms with Crippen molar-refractivity contribution >= 4 is 17.9 Å². The number of Topliss-reactive ketones (excluding diaryl/α,β-unsaturated/α-hetero) is 1. The summed E-state index contributed by atoms with van der Waals surface area (Å²) in [6.45, 7) is 3.91. The number of aliphatic imine (C=N–C) groups is 1. The van der Waals surface area contributed by atoms with Crippen molar-refractivity contribution in [1.29, 1.82) is 0 Å². The molecule has 1 N–H and O–H groups in total. The second-order valence-corrected chi connectivity index (χ2v) is 5.11. The van der Waals surface area contributed by atoms with Gasteiger partial charge in [-0.25, -0.2) is 15.0 Å². The van der Waals surface area contributed by atoms with E-state index in [-0.39, 0.29) is 28.5 Å². The number of ketones is 1. The summed E-state index contributed by atoms with van der Waals surface area (Å²) in [4.78, 5) is 23.7. The summed E-state index contributed by atoms with van der Waals surface area (Å²) in [5.41, 5.74) is 0.0728. The predicted octanol–water partition coefficient (Wildman–Crippen LogP) is 2.38. The average molecular weight is 245 g/mol. The number of aliphatic hydroxyl groups excluding tert-OH is 1. The molecule has 94 valence electrons. The van der Waals surface area contributed by atoms with E-state index in [0.717, 1.165) is 0 Å². The van der Waals surface area contributed by atoms with Crippen LogP contribution in [0.5, 0.6) is 0 Å². The highest BCUT2D eigenvalue weighted by atomic mass is 16.3. The Bertz CT molecular complexity index is 518.